The molecule has 0 saturated carbocycles. The molecule has 6 heteroatoms. The zero-order chi connectivity index (χ0) is 14.7. The molecule has 0 fully saturated rings. The highest BCUT2D eigenvalue weighted by Crippen LogP contribution is 2.15. The molecule has 0 aliphatic carbocycles. The third-order valence-electron chi connectivity index (χ3n) is 3.03. The summed E-state index contributed by atoms with van der Waals surface area (Å²) in [6.45, 7) is 0.357. The monoisotopic (exact) mass is 282 g/mol. The van der Waals surface area contributed by atoms with Gasteiger partial charge in [0, 0.05) is 25.0 Å². The van der Waals surface area contributed by atoms with Crippen LogP contribution in [0, 0.1) is 0 Å². The summed E-state index contributed by atoms with van der Waals surface area (Å²) >= 11 is 0. The number of carbonyl (C=O) groups excluding carboxylic acids is 1. The molecule has 1 N–H and O–H groups in total. The number of hydrogen-bond acceptors (Lipinski definition) is 4. The van der Waals surface area contributed by atoms with Crippen LogP contribution in [0.4, 0.5) is 0 Å². The minimum atomic E-state index is -0.184. The van der Waals surface area contributed by atoms with Gasteiger partial charge in [0.2, 0.25) is 0 Å². The van der Waals surface area contributed by atoms with Crippen molar-refractivity contribution >= 4 is 5.91 Å². The van der Waals surface area contributed by atoms with E-state index in [1.165, 1.54) is 0 Å². The molecule has 3 rings (SSSR count). The van der Waals surface area contributed by atoms with E-state index in [9.17, 15) is 4.79 Å². The second kappa shape index (κ2) is 5.62. The summed E-state index contributed by atoms with van der Waals surface area (Å²) in [5.41, 5.74) is 2.21. The predicted molar refractivity (Wildman–Crippen MR) is 76.3 cm³/mol. The molecule has 0 radical (unpaired) electrons. The maximum absolute atomic E-state index is 12.0. The zero-order valence-corrected chi connectivity index (χ0v) is 11.5. The molecular formula is C15H14N4O2. The maximum Gasteiger partial charge on any atom is 0.253 e. The Bertz CT molecular complexity index is 729. The van der Waals surface area contributed by atoms with E-state index in [4.69, 9.17) is 4.42 Å². The highest BCUT2D eigenvalue weighted by Gasteiger charge is 2.08. The van der Waals surface area contributed by atoms with Crippen LogP contribution in [0.1, 0.15) is 16.1 Å². The van der Waals surface area contributed by atoms with Crippen molar-refractivity contribution in [3.8, 4) is 11.3 Å². The highest BCUT2D eigenvalue weighted by molar-refractivity contribution is 5.94. The number of pyridine rings is 1. The summed E-state index contributed by atoms with van der Waals surface area (Å²) in [5, 5.41) is 6.87. The maximum atomic E-state index is 12.0. The van der Waals surface area contributed by atoms with Crippen molar-refractivity contribution in [2.45, 2.75) is 6.54 Å². The standard InChI is InChI=1S/C15H14N4O2/c1-19-10-12(8-18-19)14-5-4-11(7-16-14)15(20)17-9-13-3-2-6-21-13/h2-8,10H,9H2,1H3,(H,17,20). The van der Waals surface area contributed by atoms with Crippen LogP contribution in [-0.2, 0) is 13.6 Å². The van der Waals surface area contributed by atoms with Crippen LogP contribution in [-0.4, -0.2) is 20.7 Å². The first-order chi connectivity index (χ1) is 10.2. The number of furan rings is 1. The summed E-state index contributed by atoms with van der Waals surface area (Å²) in [6.07, 6.45) is 6.74. The summed E-state index contributed by atoms with van der Waals surface area (Å²) in [4.78, 5) is 16.3. The largest absolute Gasteiger partial charge is 0.467 e. The second-order valence-corrected chi connectivity index (χ2v) is 4.60. The first-order valence-electron chi connectivity index (χ1n) is 6.48. The second-order valence-electron chi connectivity index (χ2n) is 4.60. The van der Waals surface area contributed by atoms with Gasteiger partial charge in [-0.05, 0) is 24.3 Å². The summed E-state index contributed by atoms with van der Waals surface area (Å²) in [6, 6.07) is 7.14. The van der Waals surface area contributed by atoms with Crippen LogP contribution in [0.15, 0.2) is 53.5 Å². The van der Waals surface area contributed by atoms with Gasteiger partial charge < -0.3 is 9.73 Å². The molecule has 21 heavy (non-hydrogen) atoms. The normalized spacial score (nSPS) is 10.5. The van der Waals surface area contributed by atoms with Crippen molar-refractivity contribution in [2.24, 2.45) is 7.05 Å². The number of nitrogens with zero attached hydrogens (tertiary/aromatic N) is 3. The first-order valence-corrected chi connectivity index (χ1v) is 6.48. The predicted octanol–water partition coefficient (Wildman–Crippen LogP) is 2.01. The van der Waals surface area contributed by atoms with E-state index in [1.807, 2.05) is 19.3 Å². The molecule has 6 nitrogen and oxygen atoms in total. The number of amides is 1. The average Bonchev–Trinajstić information content (AvgIpc) is 3.16. The van der Waals surface area contributed by atoms with Crippen molar-refractivity contribution in [3.05, 3.63) is 60.4 Å². The van der Waals surface area contributed by atoms with E-state index in [-0.39, 0.29) is 5.91 Å². The molecule has 0 spiro atoms. The van der Waals surface area contributed by atoms with Gasteiger partial charge in [0.05, 0.1) is 30.3 Å². The van der Waals surface area contributed by atoms with E-state index in [2.05, 4.69) is 15.4 Å². The molecule has 0 aromatic carbocycles. The van der Waals surface area contributed by atoms with Crippen LogP contribution >= 0.6 is 0 Å². The zero-order valence-electron chi connectivity index (χ0n) is 11.5. The minimum Gasteiger partial charge on any atom is -0.467 e. The number of aryl methyl sites for hydroxylation is 1. The van der Waals surface area contributed by atoms with Crippen LogP contribution in [0.5, 0.6) is 0 Å². The number of nitrogens with one attached hydrogen (secondary N) is 1. The van der Waals surface area contributed by atoms with Gasteiger partial charge in [0.25, 0.3) is 5.91 Å². The topological polar surface area (TPSA) is 73.0 Å². The lowest BCUT2D eigenvalue weighted by Gasteiger charge is -2.03. The van der Waals surface area contributed by atoms with Crippen molar-refractivity contribution < 1.29 is 9.21 Å². The van der Waals surface area contributed by atoms with Crippen LogP contribution in [0.3, 0.4) is 0 Å². The summed E-state index contributed by atoms with van der Waals surface area (Å²) in [5.74, 6) is 0.528. The Morgan fingerprint density at radius 3 is 2.86 bits per heavy atom. The summed E-state index contributed by atoms with van der Waals surface area (Å²) < 4.78 is 6.87. The van der Waals surface area contributed by atoms with Gasteiger partial charge in [-0.1, -0.05) is 0 Å². The molecule has 1 amide bonds. The van der Waals surface area contributed by atoms with Crippen LogP contribution < -0.4 is 5.32 Å². The Morgan fingerprint density at radius 2 is 2.24 bits per heavy atom. The lowest BCUT2D eigenvalue weighted by molar-refractivity contribution is 0.0947. The van der Waals surface area contributed by atoms with Crippen molar-refractivity contribution in [1.29, 1.82) is 0 Å². The third kappa shape index (κ3) is 3.00. The third-order valence-corrected chi connectivity index (χ3v) is 3.03. The summed E-state index contributed by atoms with van der Waals surface area (Å²) in [7, 11) is 1.85. The first kappa shape index (κ1) is 13.1. The number of rotatable bonds is 4. The smallest absolute Gasteiger partial charge is 0.253 e. The number of aromatic nitrogens is 3. The van der Waals surface area contributed by atoms with Gasteiger partial charge in [-0.3, -0.25) is 14.5 Å². The van der Waals surface area contributed by atoms with Crippen molar-refractivity contribution in [1.82, 2.24) is 20.1 Å². The van der Waals surface area contributed by atoms with Gasteiger partial charge in [0.1, 0.15) is 5.76 Å². The van der Waals surface area contributed by atoms with Gasteiger partial charge in [-0.25, -0.2) is 0 Å². The lowest BCUT2D eigenvalue weighted by Crippen LogP contribution is -2.22. The van der Waals surface area contributed by atoms with E-state index >= 15 is 0 Å². The lowest BCUT2D eigenvalue weighted by atomic mass is 10.2. The van der Waals surface area contributed by atoms with E-state index in [1.54, 1.807) is 41.5 Å². The van der Waals surface area contributed by atoms with Crippen LogP contribution in [0.2, 0.25) is 0 Å². The molecule has 3 aromatic heterocycles. The SMILES string of the molecule is Cn1cc(-c2ccc(C(=O)NCc3ccco3)cn2)cn1. The van der Waals surface area contributed by atoms with Gasteiger partial charge in [-0.15, -0.1) is 0 Å². The fraction of sp³-hybridized carbons (Fsp3) is 0.133. The molecule has 106 valence electrons. The van der Waals surface area contributed by atoms with Gasteiger partial charge in [-0.2, -0.15) is 5.10 Å². The average molecular weight is 282 g/mol. The molecule has 0 bridgehead atoms. The molecule has 3 heterocycles. The van der Waals surface area contributed by atoms with Gasteiger partial charge >= 0.3 is 0 Å². The molecule has 0 aliphatic rings. The Kier molecular flexibility index (Phi) is 3.51. The van der Waals surface area contributed by atoms with E-state index in [0.717, 1.165) is 11.3 Å². The molecule has 0 aliphatic heterocycles. The van der Waals surface area contributed by atoms with E-state index in [0.29, 0.717) is 17.9 Å². The van der Waals surface area contributed by atoms with Gasteiger partial charge in [0.15, 0.2) is 0 Å². The Morgan fingerprint density at radius 1 is 1.33 bits per heavy atom. The highest BCUT2D eigenvalue weighted by atomic mass is 16.3. The Hall–Kier alpha value is -2.89. The number of carbonyl (C=O) groups is 1. The minimum absolute atomic E-state index is 0.184. The fourth-order valence-electron chi connectivity index (χ4n) is 1.94. The van der Waals surface area contributed by atoms with E-state index < -0.39 is 0 Å². The fourth-order valence-corrected chi connectivity index (χ4v) is 1.94. The Balaban J connectivity index is 1.67. The quantitative estimate of drug-likeness (QED) is 0.794. The molecule has 0 saturated heterocycles. The van der Waals surface area contributed by atoms with Crippen molar-refractivity contribution in [2.75, 3.05) is 0 Å². The molecule has 3 aromatic rings. The van der Waals surface area contributed by atoms with Crippen molar-refractivity contribution in [3.63, 3.8) is 0 Å². The van der Waals surface area contributed by atoms with Crippen LogP contribution in [0.25, 0.3) is 11.3 Å². The number of hydrogen-bond donors (Lipinski definition) is 1. The Labute approximate surface area is 121 Å². The molecule has 0 unspecified atom stereocenters. The molecule has 0 atom stereocenters. The molecular weight excluding hydrogens is 268 g/mol.